The SMILES string of the molecule is CCN(CCCCNC)CC1CCC1. The molecule has 2 heteroatoms. The highest BCUT2D eigenvalue weighted by Gasteiger charge is 2.19. The van der Waals surface area contributed by atoms with Crippen LogP contribution in [0.5, 0.6) is 0 Å². The summed E-state index contributed by atoms with van der Waals surface area (Å²) in [6.07, 6.45) is 7.10. The van der Waals surface area contributed by atoms with Gasteiger partial charge in [-0.3, -0.25) is 0 Å². The Morgan fingerprint density at radius 3 is 2.57 bits per heavy atom. The maximum Gasteiger partial charge on any atom is 0.000954 e. The predicted molar refractivity (Wildman–Crippen MR) is 62.6 cm³/mol. The molecule has 0 atom stereocenters. The van der Waals surface area contributed by atoms with E-state index in [4.69, 9.17) is 0 Å². The van der Waals surface area contributed by atoms with E-state index in [9.17, 15) is 0 Å². The first kappa shape index (κ1) is 12.0. The van der Waals surface area contributed by atoms with E-state index in [-0.39, 0.29) is 0 Å². The molecule has 1 saturated carbocycles. The molecule has 0 bridgehead atoms. The van der Waals surface area contributed by atoms with E-state index in [1.807, 2.05) is 7.05 Å². The molecule has 0 aromatic heterocycles. The van der Waals surface area contributed by atoms with E-state index in [1.165, 1.54) is 58.3 Å². The number of nitrogens with zero attached hydrogens (tertiary/aromatic N) is 1. The highest BCUT2D eigenvalue weighted by atomic mass is 15.1. The minimum absolute atomic E-state index is 1.03. The molecule has 1 N–H and O–H groups in total. The standard InChI is InChI=1S/C12H26N2/c1-3-14(10-5-4-9-13-2)11-12-7-6-8-12/h12-13H,3-11H2,1-2H3. The monoisotopic (exact) mass is 198 g/mol. The Bertz CT molecular complexity index is 132. The molecule has 0 aromatic carbocycles. The second kappa shape index (κ2) is 7.24. The fourth-order valence-electron chi connectivity index (χ4n) is 2.06. The number of hydrogen-bond acceptors (Lipinski definition) is 2. The van der Waals surface area contributed by atoms with Crippen LogP contribution < -0.4 is 5.32 Å². The van der Waals surface area contributed by atoms with Crippen LogP contribution >= 0.6 is 0 Å². The first-order valence-electron chi connectivity index (χ1n) is 6.23. The third-order valence-corrected chi connectivity index (χ3v) is 3.34. The molecular weight excluding hydrogens is 172 g/mol. The minimum atomic E-state index is 1.03. The molecule has 0 unspecified atom stereocenters. The summed E-state index contributed by atoms with van der Waals surface area (Å²) in [5, 5.41) is 3.20. The van der Waals surface area contributed by atoms with Crippen molar-refractivity contribution in [2.75, 3.05) is 33.2 Å². The van der Waals surface area contributed by atoms with Gasteiger partial charge in [0.25, 0.3) is 0 Å². The van der Waals surface area contributed by atoms with Gasteiger partial charge in [0.15, 0.2) is 0 Å². The van der Waals surface area contributed by atoms with Crippen molar-refractivity contribution in [1.29, 1.82) is 0 Å². The Morgan fingerprint density at radius 1 is 1.29 bits per heavy atom. The summed E-state index contributed by atoms with van der Waals surface area (Å²) < 4.78 is 0. The van der Waals surface area contributed by atoms with Crippen molar-refractivity contribution >= 4 is 0 Å². The molecule has 2 nitrogen and oxygen atoms in total. The van der Waals surface area contributed by atoms with Crippen LogP contribution in [0.15, 0.2) is 0 Å². The molecule has 14 heavy (non-hydrogen) atoms. The molecule has 84 valence electrons. The molecule has 0 radical (unpaired) electrons. The lowest BCUT2D eigenvalue weighted by molar-refractivity contribution is 0.182. The number of unbranched alkanes of at least 4 members (excludes halogenated alkanes) is 1. The minimum Gasteiger partial charge on any atom is -0.320 e. The largest absolute Gasteiger partial charge is 0.320 e. The molecule has 1 rings (SSSR count). The third-order valence-electron chi connectivity index (χ3n) is 3.34. The van der Waals surface area contributed by atoms with Gasteiger partial charge in [0.1, 0.15) is 0 Å². The topological polar surface area (TPSA) is 15.3 Å². The zero-order valence-corrected chi connectivity index (χ0v) is 9.89. The van der Waals surface area contributed by atoms with Crippen LogP contribution in [0.2, 0.25) is 0 Å². The normalized spacial score (nSPS) is 17.4. The highest BCUT2D eigenvalue weighted by molar-refractivity contribution is 4.73. The summed E-state index contributed by atoms with van der Waals surface area (Å²) >= 11 is 0. The van der Waals surface area contributed by atoms with Gasteiger partial charge in [-0.2, -0.15) is 0 Å². The van der Waals surface area contributed by atoms with Gasteiger partial charge < -0.3 is 10.2 Å². The summed E-state index contributed by atoms with van der Waals surface area (Å²) in [7, 11) is 2.03. The first-order valence-corrected chi connectivity index (χ1v) is 6.23. The highest BCUT2D eigenvalue weighted by Crippen LogP contribution is 2.26. The van der Waals surface area contributed by atoms with Gasteiger partial charge in [0.05, 0.1) is 0 Å². The second-order valence-electron chi connectivity index (χ2n) is 4.50. The molecule has 0 saturated heterocycles. The van der Waals surface area contributed by atoms with Crippen LogP contribution in [0, 0.1) is 5.92 Å². The number of hydrogen-bond donors (Lipinski definition) is 1. The fourth-order valence-corrected chi connectivity index (χ4v) is 2.06. The molecule has 1 fully saturated rings. The van der Waals surface area contributed by atoms with Crippen molar-refractivity contribution in [1.82, 2.24) is 10.2 Å². The van der Waals surface area contributed by atoms with Gasteiger partial charge in [-0.1, -0.05) is 13.3 Å². The van der Waals surface area contributed by atoms with Crippen LogP contribution in [0.3, 0.4) is 0 Å². The third kappa shape index (κ3) is 4.43. The Morgan fingerprint density at radius 2 is 2.07 bits per heavy atom. The molecule has 0 aromatic rings. The number of nitrogens with one attached hydrogen (secondary N) is 1. The lowest BCUT2D eigenvalue weighted by atomic mass is 9.85. The van der Waals surface area contributed by atoms with Crippen molar-refractivity contribution in [2.24, 2.45) is 5.92 Å². The van der Waals surface area contributed by atoms with E-state index in [2.05, 4.69) is 17.1 Å². The molecule has 0 heterocycles. The van der Waals surface area contributed by atoms with Crippen molar-refractivity contribution in [2.45, 2.75) is 39.0 Å². The maximum atomic E-state index is 3.20. The fraction of sp³-hybridized carbons (Fsp3) is 1.00. The van der Waals surface area contributed by atoms with Crippen LogP contribution in [0.4, 0.5) is 0 Å². The van der Waals surface area contributed by atoms with E-state index >= 15 is 0 Å². The van der Waals surface area contributed by atoms with Crippen LogP contribution in [-0.2, 0) is 0 Å². The average Bonchev–Trinajstić information content (AvgIpc) is 2.14. The Hall–Kier alpha value is -0.0800. The van der Waals surface area contributed by atoms with Crippen molar-refractivity contribution in [3.63, 3.8) is 0 Å². The molecule has 0 spiro atoms. The molecule has 0 aliphatic heterocycles. The zero-order valence-electron chi connectivity index (χ0n) is 9.89. The van der Waals surface area contributed by atoms with E-state index in [0.717, 1.165) is 5.92 Å². The average molecular weight is 198 g/mol. The summed E-state index contributed by atoms with van der Waals surface area (Å²) in [5.41, 5.74) is 0. The summed E-state index contributed by atoms with van der Waals surface area (Å²) in [5.74, 6) is 1.03. The first-order chi connectivity index (χ1) is 6.86. The Balaban J connectivity index is 1.99. The lowest BCUT2D eigenvalue weighted by Crippen LogP contribution is -2.33. The van der Waals surface area contributed by atoms with Gasteiger partial charge in [0, 0.05) is 6.54 Å². The van der Waals surface area contributed by atoms with Gasteiger partial charge >= 0.3 is 0 Å². The van der Waals surface area contributed by atoms with E-state index in [0.29, 0.717) is 0 Å². The summed E-state index contributed by atoms with van der Waals surface area (Å²) in [6, 6.07) is 0. The maximum absolute atomic E-state index is 3.20. The Kier molecular flexibility index (Phi) is 6.20. The summed E-state index contributed by atoms with van der Waals surface area (Å²) in [6.45, 7) is 7.35. The molecule has 1 aliphatic carbocycles. The quantitative estimate of drug-likeness (QED) is 0.601. The van der Waals surface area contributed by atoms with E-state index in [1.54, 1.807) is 0 Å². The van der Waals surface area contributed by atoms with Crippen LogP contribution in [0.25, 0.3) is 0 Å². The van der Waals surface area contributed by atoms with Crippen molar-refractivity contribution in [3.8, 4) is 0 Å². The summed E-state index contributed by atoms with van der Waals surface area (Å²) in [4.78, 5) is 2.62. The molecule has 0 amide bonds. The zero-order chi connectivity index (χ0) is 10.2. The van der Waals surface area contributed by atoms with Gasteiger partial charge in [-0.15, -0.1) is 0 Å². The van der Waals surface area contributed by atoms with Crippen LogP contribution in [0.1, 0.15) is 39.0 Å². The van der Waals surface area contributed by atoms with Crippen molar-refractivity contribution in [3.05, 3.63) is 0 Å². The Labute approximate surface area is 89.1 Å². The van der Waals surface area contributed by atoms with Gasteiger partial charge in [0.2, 0.25) is 0 Å². The number of rotatable bonds is 8. The van der Waals surface area contributed by atoms with E-state index < -0.39 is 0 Å². The molecular formula is C12H26N2. The predicted octanol–water partition coefficient (Wildman–Crippen LogP) is 2.11. The van der Waals surface area contributed by atoms with Gasteiger partial charge in [-0.25, -0.2) is 0 Å². The lowest BCUT2D eigenvalue weighted by Gasteiger charge is -2.31. The van der Waals surface area contributed by atoms with Crippen molar-refractivity contribution < 1.29 is 0 Å². The molecule has 1 aliphatic rings. The van der Waals surface area contributed by atoms with Crippen LogP contribution in [-0.4, -0.2) is 38.1 Å². The second-order valence-corrected chi connectivity index (χ2v) is 4.50. The van der Waals surface area contributed by atoms with Gasteiger partial charge in [-0.05, 0) is 58.3 Å². The smallest absolute Gasteiger partial charge is 0.000954 e.